The van der Waals surface area contributed by atoms with Gasteiger partial charge in [-0.1, -0.05) is 12.1 Å². The van der Waals surface area contributed by atoms with Gasteiger partial charge in [-0.15, -0.1) is 0 Å². The Kier molecular flexibility index (Phi) is 15.2. The summed E-state index contributed by atoms with van der Waals surface area (Å²) in [7, 11) is 0. The van der Waals surface area contributed by atoms with Crippen molar-refractivity contribution in [1.29, 1.82) is 0 Å². The quantitative estimate of drug-likeness (QED) is 0.0985. The first-order valence-electron chi connectivity index (χ1n) is 19.7. The van der Waals surface area contributed by atoms with E-state index in [0.717, 1.165) is 9.80 Å². The predicted octanol–water partition coefficient (Wildman–Crippen LogP) is 13.1. The molecule has 6 rings (SSSR count). The molecule has 65 heavy (non-hydrogen) atoms. The Morgan fingerprint density at radius 3 is 1.55 bits per heavy atom. The Balaban J connectivity index is 0.000000244. The molecule has 21 heteroatoms. The number of rotatable bonds is 10. The second-order valence-electron chi connectivity index (χ2n) is 16.6. The standard InChI is InChI=1S/C22H22F4IN3O3.C22H23F4N3O3/c1-13-5-6-14(23)9-17(13)32-15-10-16(19-28-11-18(27)30(19)12-15)29(8-7-22(24,25)26)20(31)33-21(2,3)4;1-14-5-6-15(23)11-18(14)31-16-12-17(19-27-8-10-28(19)13-16)29(9-7-22(24,25)26)20(30)32-21(2,3)4/h5-6,9-12H,7-8H2,1-4H3;5-6,8,10-13H,7,9H2,1-4H3. The van der Waals surface area contributed by atoms with Crippen LogP contribution < -0.4 is 19.3 Å². The monoisotopic (exact) mass is 1030 g/mol. The molecule has 0 saturated carbocycles. The molecule has 0 aliphatic rings. The van der Waals surface area contributed by atoms with Gasteiger partial charge in [0.05, 0.1) is 42.8 Å². The maximum atomic E-state index is 13.7. The molecule has 0 unspecified atom stereocenters. The van der Waals surface area contributed by atoms with Crippen LogP contribution in [-0.2, 0) is 9.47 Å². The average molecular weight is 1030 g/mol. The summed E-state index contributed by atoms with van der Waals surface area (Å²) in [5.41, 5.74) is 0.0753. The lowest BCUT2D eigenvalue weighted by Crippen LogP contribution is -2.39. The van der Waals surface area contributed by atoms with Gasteiger partial charge in [0, 0.05) is 49.7 Å². The molecule has 0 saturated heterocycles. The summed E-state index contributed by atoms with van der Waals surface area (Å²) in [4.78, 5) is 35.9. The Morgan fingerprint density at radius 2 is 1.11 bits per heavy atom. The Hall–Kier alpha value is -5.87. The van der Waals surface area contributed by atoms with Crippen molar-refractivity contribution in [3.8, 4) is 23.0 Å². The fraction of sp³-hybridized carbons (Fsp3) is 0.364. The first-order chi connectivity index (χ1) is 30.1. The van der Waals surface area contributed by atoms with E-state index in [1.54, 1.807) is 78.3 Å². The molecule has 4 heterocycles. The fourth-order valence-corrected chi connectivity index (χ4v) is 6.37. The number of halogens is 9. The van der Waals surface area contributed by atoms with E-state index < -0.39 is 73.3 Å². The third-order valence-corrected chi connectivity index (χ3v) is 9.56. The van der Waals surface area contributed by atoms with Crippen molar-refractivity contribution in [3.63, 3.8) is 0 Å². The van der Waals surface area contributed by atoms with E-state index in [4.69, 9.17) is 18.9 Å². The van der Waals surface area contributed by atoms with Crippen LogP contribution in [0.2, 0.25) is 0 Å². The maximum Gasteiger partial charge on any atom is 0.414 e. The largest absolute Gasteiger partial charge is 0.455 e. The Morgan fingerprint density at radius 1 is 0.662 bits per heavy atom. The molecule has 2 amide bonds. The number of benzene rings is 2. The number of aryl methyl sites for hydroxylation is 2. The molecule has 0 aliphatic carbocycles. The zero-order chi connectivity index (χ0) is 48.2. The van der Waals surface area contributed by atoms with Crippen LogP contribution >= 0.6 is 22.6 Å². The van der Waals surface area contributed by atoms with Crippen molar-refractivity contribution >= 4 is 57.4 Å². The highest BCUT2D eigenvalue weighted by molar-refractivity contribution is 14.1. The third-order valence-electron chi connectivity index (χ3n) is 8.76. The third kappa shape index (κ3) is 14.3. The number of ether oxygens (including phenoxy) is 4. The number of fused-ring (bicyclic) bond motifs is 2. The van der Waals surface area contributed by atoms with Gasteiger partial charge >= 0.3 is 24.5 Å². The van der Waals surface area contributed by atoms with Crippen LogP contribution in [0.5, 0.6) is 23.0 Å². The molecule has 4 aromatic heterocycles. The number of carbonyl (C=O) groups excluding carboxylic acids is 2. The summed E-state index contributed by atoms with van der Waals surface area (Å²) < 4.78 is 131. The zero-order valence-electron chi connectivity index (χ0n) is 36.4. The predicted molar refractivity (Wildman–Crippen MR) is 234 cm³/mol. The van der Waals surface area contributed by atoms with E-state index in [1.165, 1.54) is 65.5 Å². The molecule has 0 fully saturated rings. The maximum absolute atomic E-state index is 13.7. The number of hydrogen-bond donors (Lipinski definition) is 0. The molecular weight excluding hydrogens is 987 g/mol. The van der Waals surface area contributed by atoms with Gasteiger partial charge in [-0.2, -0.15) is 26.3 Å². The van der Waals surface area contributed by atoms with Crippen LogP contribution in [-0.4, -0.2) is 67.6 Å². The van der Waals surface area contributed by atoms with Gasteiger partial charge < -0.3 is 23.3 Å². The van der Waals surface area contributed by atoms with Gasteiger partial charge in [0.2, 0.25) is 0 Å². The van der Waals surface area contributed by atoms with Crippen molar-refractivity contribution in [1.82, 2.24) is 18.8 Å². The van der Waals surface area contributed by atoms with Gasteiger partial charge in [-0.25, -0.2) is 28.3 Å². The highest BCUT2D eigenvalue weighted by atomic mass is 127. The van der Waals surface area contributed by atoms with E-state index >= 15 is 0 Å². The van der Waals surface area contributed by atoms with Crippen molar-refractivity contribution in [2.24, 2.45) is 0 Å². The number of aromatic nitrogens is 4. The summed E-state index contributed by atoms with van der Waals surface area (Å²) in [6.07, 6.45) is -5.77. The van der Waals surface area contributed by atoms with Crippen molar-refractivity contribution in [2.45, 2.75) is 91.8 Å². The lowest BCUT2D eigenvalue weighted by Gasteiger charge is -2.28. The second kappa shape index (κ2) is 19.7. The summed E-state index contributed by atoms with van der Waals surface area (Å²) in [5.74, 6) is -0.184. The van der Waals surface area contributed by atoms with Gasteiger partial charge in [0.1, 0.15) is 49.5 Å². The highest BCUT2D eigenvalue weighted by Gasteiger charge is 2.34. The van der Waals surface area contributed by atoms with E-state index in [1.807, 2.05) is 22.6 Å². The first kappa shape index (κ1) is 50.1. The van der Waals surface area contributed by atoms with Crippen molar-refractivity contribution in [2.75, 3.05) is 22.9 Å². The van der Waals surface area contributed by atoms with Crippen LogP contribution in [0.25, 0.3) is 11.3 Å². The molecule has 0 spiro atoms. The van der Waals surface area contributed by atoms with Crippen LogP contribution in [0, 0.1) is 29.2 Å². The van der Waals surface area contributed by atoms with Gasteiger partial charge in [-0.3, -0.25) is 14.2 Å². The van der Waals surface area contributed by atoms with E-state index in [9.17, 15) is 44.7 Å². The van der Waals surface area contributed by atoms with E-state index in [2.05, 4.69) is 9.97 Å². The van der Waals surface area contributed by atoms with Crippen molar-refractivity contribution < 1.29 is 63.7 Å². The minimum absolute atomic E-state index is 0.0695. The average Bonchev–Trinajstić information content (AvgIpc) is 3.79. The van der Waals surface area contributed by atoms with Crippen LogP contribution in [0.4, 0.5) is 56.1 Å². The lowest BCUT2D eigenvalue weighted by molar-refractivity contribution is -0.133. The summed E-state index contributed by atoms with van der Waals surface area (Å²) in [6, 6.07) is 10.8. The van der Waals surface area contributed by atoms with Crippen LogP contribution in [0.15, 0.2) is 79.5 Å². The highest BCUT2D eigenvalue weighted by Crippen LogP contribution is 2.36. The number of pyridine rings is 2. The number of nitrogens with zero attached hydrogens (tertiary/aromatic N) is 6. The number of hydrogen-bond acceptors (Lipinski definition) is 8. The first-order valence-corrected chi connectivity index (χ1v) is 20.8. The molecule has 6 aromatic rings. The van der Waals surface area contributed by atoms with E-state index in [-0.39, 0.29) is 45.7 Å². The normalized spacial score (nSPS) is 12.1. The molecule has 12 nitrogen and oxygen atoms in total. The molecule has 2 aromatic carbocycles. The number of alkyl halides is 6. The summed E-state index contributed by atoms with van der Waals surface area (Å²) >= 11 is 2.00. The van der Waals surface area contributed by atoms with Gasteiger partial charge in [0.15, 0.2) is 11.3 Å². The summed E-state index contributed by atoms with van der Waals surface area (Å²) in [5, 5.41) is 0. The van der Waals surface area contributed by atoms with E-state index in [0.29, 0.717) is 14.8 Å². The van der Waals surface area contributed by atoms with Crippen LogP contribution in [0.1, 0.15) is 65.5 Å². The molecule has 0 N–H and O–H groups in total. The molecular formula is C44H45F8IN6O6. The topological polar surface area (TPSA) is 112 Å². The second-order valence-corrected chi connectivity index (χ2v) is 17.7. The van der Waals surface area contributed by atoms with Gasteiger partial charge in [0.25, 0.3) is 0 Å². The lowest BCUT2D eigenvalue weighted by atomic mass is 10.2. The minimum atomic E-state index is -4.49. The number of amides is 2. The Bertz CT molecular complexity index is 2650. The van der Waals surface area contributed by atoms with Crippen molar-refractivity contribution in [3.05, 3.63) is 106 Å². The van der Waals surface area contributed by atoms with Gasteiger partial charge in [-0.05, 0) is 101 Å². The number of anilines is 2. The zero-order valence-corrected chi connectivity index (χ0v) is 38.5. The smallest absolute Gasteiger partial charge is 0.414 e. The molecule has 0 radical (unpaired) electrons. The molecule has 0 bridgehead atoms. The number of imidazole rings is 2. The molecule has 0 atom stereocenters. The molecule has 0 aliphatic heterocycles. The SMILES string of the molecule is Cc1ccc(F)cc1Oc1cc(N(CCC(F)(F)F)C(=O)OC(C)(C)C)c2ncc(I)n2c1.Cc1ccc(F)cc1Oc1cc(N(CCC(F)(F)F)C(=O)OC(C)(C)C)c2nccn2c1. The minimum Gasteiger partial charge on any atom is -0.455 e. The molecule has 350 valence electrons. The fourth-order valence-electron chi connectivity index (χ4n) is 5.87. The van der Waals surface area contributed by atoms with Crippen LogP contribution in [0.3, 0.4) is 0 Å². The Labute approximate surface area is 382 Å². The summed E-state index contributed by atoms with van der Waals surface area (Å²) in [6.45, 7) is 11.8. The number of carbonyl (C=O) groups is 2.